The predicted molar refractivity (Wildman–Crippen MR) is 121 cm³/mol. The van der Waals surface area contributed by atoms with Crippen LogP contribution in [0.25, 0.3) is 11.1 Å². The first-order valence-corrected chi connectivity index (χ1v) is 10.5. The van der Waals surface area contributed by atoms with Crippen molar-refractivity contribution >= 4 is 23.3 Å². The molecule has 0 unspecified atom stereocenters. The summed E-state index contributed by atoms with van der Waals surface area (Å²) in [6.07, 6.45) is 1.95. The van der Waals surface area contributed by atoms with Crippen LogP contribution in [0, 0.1) is 0 Å². The van der Waals surface area contributed by atoms with Gasteiger partial charge in [0.2, 0.25) is 5.91 Å². The first kappa shape index (κ1) is 21.6. The van der Waals surface area contributed by atoms with Gasteiger partial charge in [-0.05, 0) is 54.8 Å². The lowest BCUT2D eigenvalue weighted by atomic mass is 10.0. The highest BCUT2D eigenvalue weighted by atomic mass is 16.2. The lowest BCUT2D eigenvalue weighted by Crippen LogP contribution is -2.48. The second-order valence-electron chi connectivity index (χ2n) is 7.64. The minimum Gasteiger partial charge on any atom is -0.399 e. The molecule has 2 aromatic carbocycles. The molecule has 0 saturated carbocycles. The van der Waals surface area contributed by atoms with Crippen molar-refractivity contribution in [2.75, 3.05) is 50.3 Å². The van der Waals surface area contributed by atoms with Gasteiger partial charge in [-0.15, -0.1) is 0 Å². The molecule has 160 valence electrons. The number of nitrogens with one attached hydrogen (secondary N) is 2. The standard InChI is InChI=1S/C23H31N5O2/c1-18(29)28-15-13-27(14-16-28)12-3-2-11-25-23(30)26-22-9-7-19(8-10-22)20-5-4-6-21(24)17-20/h4-10,17H,2-3,11-16,24H2,1H3,(H2,25,26,30). The molecule has 30 heavy (non-hydrogen) atoms. The Kier molecular flexibility index (Phi) is 7.68. The first-order chi connectivity index (χ1) is 14.5. The van der Waals surface area contributed by atoms with Gasteiger partial charge < -0.3 is 21.3 Å². The van der Waals surface area contributed by atoms with E-state index in [9.17, 15) is 9.59 Å². The number of carbonyl (C=O) groups excluding carboxylic acids is 2. The van der Waals surface area contributed by atoms with Crippen molar-refractivity contribution in [3.8, 4) is 11.1 Å². The average Bonchev–Trinajstić information content (AvgIpc) is 2.74. The molecule has 7 heteroatoms. The molecule has 0 bridgehead atoms. The van der Waals surface area contributed by atoms with Crippen LogP contribution in [0.4, 0.5) is 16.2 Å². The average molecular weight is 410 g/mol. The number of anilines is 2. The number of hydrogen-bond acceptors (Lipinski definition) is 4. The minimum absolute atomic E-state index is 0.157. The molecular formula is C23H31N5O2. The number of nitrogens with zero attached hydrogens (tertiary/aromatic N) is 2. The number of benzene rings is 2. The Morgan fingerprint density at radius 2 is 1.70 bits per heavy atom. The Labute approximate surface area is 178 Å². The molecule has 0 aromatic heterocycles. The maximum Gasteiger partial charge on any atom is 0.319 e. The van der Waals surface area contributed by atoms with E-state index in [0.717, 1.165) is 68.1 Å². The number of unbranched alkanes of at least 4 members (excludes halogenated alkanes) is 1. The molecule has 7 nitrogen and oxygen atoms in total. The van der Waals surface area contributed by atoms with Crippen molar-refractivity contribution in [1.82, 2.24) is 15.1 Å². The fourth-order valence-electron chi connectivity index (χ4n) is 3.59. The summed E-state index contributed by atoms with van der Waals surface area (Å²) in [6.45, 7) is 6.75. The van der Waals surface area contributed by atoms with Crippen LogP contribution < -0.4 is 16.4 Å². The summed E-state index contributed by atoms with van der Waals surface area (Å²) in [6, 6.07) is 15.2. The number of rotatable bonds is 7. The van der Waals surface area contributed by atoms with Gasteiger partial charge in [-0.1, -0.05) is 24.3 Å². The van der Waals surface area contributed by atoms with Gasteiger partial charge in [0.25, 0.3) is 0 Å². The van der Waals surface area contributed by atoms with Crippen molar-refractivity contribution in [2.45, 2.75) is 19.8 Å². The van der Waals surface area contributed by atoms with Gasteiger partial charge in [-0.2, -0.15) is 0 Å². The van der Waals surface area contributed by atoms with Crippen LogP contribution in [0.15, 0.2) is 48.5 Å². The van der Waals surface area contributed by atoms with Gasteiger partial charge >= 0.3 is 6.03 Å². The summed E-state index contributed by atoms with van der Waals surface area (Å²) in [7, 11) is 0. The number of piperazine rings is 1. The number of carbonyl (C=O) groups is 2. The van der Waals surface area contributed by atoms with E-state index in [4.69, 9.17) is 5.73 Å². The summed E-state index contributed by atoms with van der Waals surface area (Å²) >= 11 is 0. The molecule has 1 aliphatic rings. The van der Waals surface area contributed by atoms with E-state index in [2.05, 4.69) is 15.5 Å². The Morgan fingerprint density at radius 1 is 0.967 bits per heavy atom. The fourth-order valence-corrected chi connectivity index (χ4v) is 3.59. The number of amides is 3. The first-order valence-electron chi connectivity index (χ1n) is 10.5. The predicted octanol–water partition coefficient (Wildman–Crippen LogP) is 3.00. The number of nitrogen functional groups attached to an aromatic ring is 1. The van der Waals surface area contributed by atoms with Crippen molar-refractivity contribution < 1.29 is 9.59 Å². The SMILES string of the molecule is CC(=O)N1CCN(CCCCNC(=O)Nc2ccc(-c3cccc(N)c3)cc2)CC1. The number of urea groups is 1. The fraction of sp³-hybridized carbons (Fsp3) is 0.391. The Balaban J connectivity index is 1.32. The third-order valence-corrected chi connectivity index (χ3v) is 5.37. The second-order valence-corrected chi connectivity index (χ2v) is 7.64. The van der Waals surface area contributed by atoms with E-state index < -0.39 is 0 Å². The van der Waals surface area contributed by atoms with Crippen molar-refractivity contribution in [1.29, 1.82) is 0 Å². The highest BCUT2D eigenvalue weighted by molar-refractivity contribution is 5.89. The van der Waals surface area contributed by atoms with Crippen LogP contribution in [0.3, 0.4) is 0 Å². The van der Waals surface area contributed by atoms with Gasteiger partial charge in [-0.3, -0.25) is 9.69 Å². The molecule has 4 N–H and O–H groups in total. The molecule has 0 atom stereocenters. The normalized spacial score (nSPS) is 14.4. The Morgan fingerprint density at radius 3 is 2.37 bits per heavy atom. The van der Waals surface area contributed by atoms with Gasteiger partial charge in [0, 0.05) is 51.0 Å². The van der Waals surface area contributed by atoms with Crippen LogP contribution in [0.5, 0.6) is 0 Å². The molecular weight excluding hydrogens is 378 g/mol. The van der Waals surface area contributed by atoms with Crippen LogP contribution in [0.2, 0.25) is 0 Å². The zero-order valence-corrected chi connectivity index (χ0v) is 17.6. The number of nitrogens with two attached hydrogens (primary N) is 1. The van der Waals surface area contributed by atoms with E-state index in [-0.39, 0.29) is 11.9 Å². The van der Waals surface area contributed by atoms with Crippen molar-refractivity contribution in [3.63, 3.8) is 0 Å². The maximum atomic E-state index is 12.1. The summed E-state index contributed by atoms with van der Waals surface area (Å²) in [5, 5.41) is 5.77. The monoisotopic (exact) mass is 409 g/mol. The van der Waals surface area contributed by atoms with Crippen LogP contribution >= 0.6 is 0 Å². The van der Waals surface area contributed by atoms with Gasteiger partial charge in [0.15, 0.2) is 0 Å². The van der Waals surface area contributed by atoms with Gasteiger partial charge in [0.1, 0.15) is 0 Å². The highest BCUT2D eigenvalue weighted by Gasteiger charge is 2.17. The van der Waals surface area contributed by atoms with Crippen LogP contribution in [-0.2, 0) is 4.79 Å². The van der Waals surface area contributed by atoms with E-state index in [1.165, 1.54) is 0 Å². The van der Waals surface area contributed by atoms with E-state index in [1.54, 1.807) is 6.92 Å². The summed E-state index contributed by atoms with van der Waals surface area (Å²) < 4.78 is 0. The summed E-state index contributed by atoms with van der Waals surface area (Å²) in [5.74, 6) is 0.157. The zero-order chi connectivity index (χ0) is 21.3. The second kappa shape index (κ2) is 10.6. The third-order valence-electron chi connectivity index (χ3n) is 5.37. The molecule has 1 aliphatic heterocycles. The van der Waals surface area contributed by atoms with Crippen molar-refractivity contribution in [3.05, 3.63) is 48.5 Å². The molecule has 1 fully saturated rings. The van der Waals surface area contributed by atoms with Crippen LogP contribution in [-0.4, -0.2) is 61.0 Å². The van der Waals surface area contributed by atoms with E-state index in [1.807, 2.05) is 53.4 Å². The molecule has 0 aliphatic carbocycles. The summed E-state index contributed by atoms with van der Waals surface area (Å²) in [5.41, 5.74) is 9.42. The Hall–Kier alpha value is -3.06. The lowest BCUT2D eigenvalue weighted by Gasteiger charge is -2.34. The quantitative estimate of drug-likeness (QED) is 0.484. The van der Waals surface area contributed by atoms with Gasteiger partial charge in [0.05, 0.1) is 0 Å². The van der Waals surface area contributed by atoms with E-state index >= 15 is 0 Å². The largest absolute Gasteiger partial charge is 0.399 e. The lowest BCUT2D eigenvalue weighted by molar-refractivity contribution is -0.130. The van der Waals surface area contributed by atoms with Crippen molar-refractivity contribution in [2.24, 2.45) is 0 Å². The maximum absolute atomic E-state index is 12.1. The number of hydrogen-bond donors (Lipinski definition) is 3. The molecule has 3 amide bonds. The molecule has 1 heterocycles. The molecule has 2 aromatic rings. The molecule has 3 rings (SSSR count). The highest BCUT2D eigenvalue weighted by Crippen LogP contribution is 2.23. The summed E-state index contributed by atoms with van der Waals surface area (Å²) in [4.78, 5) is 27.7. The molecule has 0 spiro atoms. The Bertz CT molecular complexity index is 845. The third kappa shape index (κ3) is 6.49. The van der Waals surface area contributed by atoms with Gasteiger partial charge in [-0.25, -0.2) is 4.79 Å². The molecule has 0 radical (unpaired) electrons. The smallest absolute Gasteiger partial charge is 0.319 e. The molecule has 1 saturated heterocycles. The van der Waals surface area contributed by atoms with E-state index in [0.29, 0.717) is 6.54 Å². The van der Waals surface area contributed by atoms with Crippen LogP contribution in [0.1, 0.15) is 19.8 Å². The minimum atomic E-state index is -0.193. The topological polar surface area (TPSA) is 90.7 Å². The zero-order valence-electron chi connectivity index (χ0n) is 17.6.